The van der Waals surface area contributed by atoms with Crippen molar-refractivity contribution in [3.05, 3.63) is 99.0 Å². The fourth-order valence-electron chi connectivity index (χ4n) is 3.86. The van der Waals surface area contributed by atoms with E-state index >= 15 is 0 Å². The number of nitrogens with two attached hydrogens (primary N) is 1. The Morgan fingerprint density at radius 1 is 1.21 bits per heavy atom. The molecule has 162 valence electrons. The third-order valence-corrected chi connectivity index (χ3v) is 7.05. The number of halogens is 1. The maximum absolute atomic E-state index is 12.9. The van der Waals surface area contributed by atoms with Crippen LogP contribution in [-0.4, -0.2) is 11.0 Å². The molecule has 2 aromatic heterocycles. The average Bonchev–Trinajstić information content (AvgIpc) is 3.14. The number of aromatic nitrogens is 1. The molecule has 1 unspecified atom stereocenters. The Morgan fingerprint density at radius 2 is 2.00 bits per heavy atom. The zero-order valence-corrected chi connectivity index (χ0v) is 18.9. The first-order valence-corrected chi connectivity index (χ1v) is 11.2. The number of carbonyl (C=O) groups excluding carboxylic acids is 1. The Labute approximate surface area is 198 Å². The van der Waals surface area contributed by atoms with Crippen LogP contribution in [-0.2, 0) is 0 Å². The predicted octanol–water partition coefficient (Wildman–Crippen LogP) is 5.70. The van der Waals surface area contributed by atoms with Gasteiger partial charge in [-0.05, 0) is 42.3 Å². The van der Waals surface area contributed by atoms with Gasteiger partial charge in [0.25, 0.3) is 0 Å². The Balaban J connectivity index is 1.49. The van der Waals surface area contributed by atoms with Crippen LogP contribution >= 0.6 is 22.9 Å². The lowest BCUT2D eigenvalue weighted by Crippen LogP contribution is -2.21. The Hall–Kier alpha value is -3.86. The van der Waals surface area contributed by atoms with Gasteiger partial charge >= 0.3 is 5.97 Å². The molecule has 2 aromatic carbocycles. The number of hydrogen-bond acceptors (Lipinski definition) is 7. The first-order valence-electron chi connectivity index (χ1n) is 9.98. The molecule has 1 atom stereocenters. The molecule has 4 aromatic rings. The standard InChI is InChI=1S/C25H16ClN3O3S/c1-13-2-4-17-20(10-13)33-23(22(17)26)25(30)31-15-3-5-16-19(11-15)32-24(28)18(12-27)21(16)14-6-8-29-9-7-14/h2-11,21H,28H2,1H3. The van der Waals surface area contributed by atoms with Crippen LogP contribution in [0.2, 0.25) is 5.02 Å². The molecule has 0 amide bonds. The molecule has 0 saturated heterocycles. The fraction of sp³-hybridized carbons (Fsp3) is 0.0800. The highest BCUT2D eigenvalue weighted by molar-refractivity contribution is 7.21. The second kappa shape index (κ2) is 8.24. The molecule has 33 heavy (non-hydrogen) atoms. The van der Waals surface area contributed by atoms with Crippen LogP contribution in [0.5, 0.6) is 11.5 Å². The van der Waals surface area contributed by atoms with Crippen molar-refractivity contribution in [3.8, 4) is 17.6 Å². The number of nitrogens with zero attached hydrogens (tertiary/aromatic N) is 2. The maximum Gasteiger partial charge on any atom is 0.355 e. The van der Waals surface area contributed by atoms with Crippen molar-refractivity contribution >= 4 is 39.0 Å². The molecule has 0 saturated carbocycles. The minimum absolute atomic E-state index is 0.0122. The van der Waals surface area contributed by atoms with E-state index in [1.165, 1.54) is 11.3 Å². The van der Waals surface area contributed by atoms with Gasteiger partial charge in [0.2, 0.25) is 5.88 Å². The van der Waals surface area contributed by atoms with E-state index in [2.05, 4.69) is 11.1 Å². The summed E-state index contributed by atoms with van der Waals surface area (Å²) in [6, 6.07) is 16.6. The second-order valence-electron chi connectivity index (χ2n) is 7.54. The summed E-state index contributed by atoms with van der Waals surface area (Å²) in [5.74, 6) is -0.256. The molecule has 0 radical (unpaired) electrons. The van der Waals surface area contributed by atoms with E-state index in [0.717, 1.165) is 26.8 Å². The van der Waals surface area contributed by atoms with Gasteiger partial charge in [-0.1, -0.05) is 29.8 Å². The van der Waals surface area contributed by atoms with Gasteiger partial charge < -0.3 is 15.2 Å². The highest BCUT2D eigenvalue weighted by Crippen LogP contribution is 2.43. The van der Waals surface area contributed by atoms with E-state index in [1.54, 1.807) is 30.6 Å². The number of benzene rings is 2. The van der Waals surface area contributed by atoms with Crippen molar-refractivity contribution in [1.82, 2.24) is 4.98 Å². The molecular weight excluding hydrogens is 458 g/mol. The molecule has 1 aliphatic rings. The summed E-state index contributed by atoms with van der Waals surface area (Å²) in [5, 5.41) is 10.8. The van der Waals surface area contributed by atoms with Crippen LogP contribution < -0.4 is 15.2 Å². The number of hydrogen-bond donors (Lipinski definition) is 1. The lowest BCUT2D eigenvalue weighted by molar-refractivity contribution is 0.0740. The molecule has 0 bridgehead atoms. The predicted molar refractivity (Wildman–Crippen MR) is 127 cm³/mol. The first-order chi connectivity index (χ1) is 16.0. The third-order valence-electron chi connectivity index (χ3n) is 5.41. The minimum atomic E-state index is -0.554. The van der Waals surface area contributed by atoms with Crippen LogP contribution in [0.3, 0.4) is 0 Å². The van der Waals surface area contributed by atoms with E-state index in [-0.39, 0.29) is 11.6 Å². The number of aryl methyl sites for hydroxylation is 1. The van der Waals surface area contributed by atoms with Crippen LogP contribution in [0.15, 0.2) is 72.4 Å². The van der Waals surface area contributed by atoms with Crippen LogP contribution in [0, 0.1) is 18.3 Å². The molecule has 3 heterocycles. The number of carbonyl (C=O) groups is 1. The second-order valence-corrected chi connectivity index (χ2v) is 8.97. The Kier molecular flexibility index (Phi) is 5.25. The van der Waals surface area contributed by atoms with Crippen LogP contribution in [0.4, 0.5) is 0 Å². The molecule has 0 aliphatic carbocycles. The number of ether oxygens (including phenoxy) is 2. The summed E-state index contributed by atoms with van der Waals surface area (Å²) in [6.45, 7) is 1.98. The quantitative estimate of drug-likeness (QED) is 0.303. The van der Waals surface area contributed by atoms with E-state index in [0.29, 0.717) is 21.2 Å². The summed E-state index contributed by atoms with van der Waals surface area (Å²) >= 11 is 7.74. The highest BCUT2D eigenvalue weighted by atomic mass is 35.5. The van der Waals surface area contributed by atoms with Gasteiger partial charge in [0.1, 0.15) is 28.0 Å². The van der Waals surface area contributed by atoms with Gasteiger partial charge in [-0.3, -0.25) is 4.98 Å². The average molecular weight is 474 g/mol. The van der Waals surface area contributed by atoms with Crippen molar-refractivity contribution in [3.63, 3.8) is 0 Å². The zero-order valence-electron chi connectivity index (χ0n) is 17.3. The number of fused-ring (bicyclic) bond motifs is 2. The lowest BCUT2D eigenvalue weighted by atomic mass is 9.84. The van der Waals surface area contributed by atoms with Crippen molar-refractivity contribution < 1.29 is 14.3 Å². The summed E-state index contributed by atoms with van der Waals surface area (Å²) in [7, 11) is 0. The van der Waals surface area contributed by atoms with Gasteiger partial charge in [0.05, 0.1) is 10.9 Å². The van der Waals surface area contributed by atoms with E-state index in [9.17, 15) is 10.1 Å². The molecule has 8 heteroatoms. The Morgan fingerprint density at radius 3 is 2.76 bits per heavy atom. The number of rotatable bonds is 3. The monoisotopic (exact) mass is 473 g/mol. The minimum Gasteiger partial charge on any atom is -0.440 e. The van der Waals surface area contributed by atoms with Crippen molar-refractivity contribution in [2.75, 3.05) is 0 Å². The van der Waals surface area contributed by atoms with E-state index in [1.807, 2.05) is 37.3 Å². The number of allylic oxidation sites excluding steroid dienone is 1. The maximum atomic E-state index is 12.9. The molecule has 0 fully saturated rings. The van der Waals surface area contributed by atoms with E-state index < -0.39 is 11.9 Å². The van der Waals surface area contributed by atoms with Crippen LogP contribution in [0.1, 0.15) is 32.3 Å². The van der Waals surface area contributed by atoms with Crippen molar-refractivity contribution in [1.29, 1.82) is 5.26 Å². The highest BCUT2D eigenvalue weighted by Gasteiger charge is 2.31. The largest absolute Gasteiger partial charge is 0.440 e. The lowest BCUT2D eigenvalue weighted by Gasteiger charge is -2.26. The number of pyridine rings is 1. The van der Waals surface area contributed by atoms with Gasteiger partial charge in [-0.15, -0.1) is 11.3 Å². The summed E-state index contributed by atoms with van der Waals surface area (Å²) in [4.78, 5) is 17.3. The third kappa shape index (κ3) is 3.69. The van der Waals surface area contributed by atoms with Crippen LogP contribution in [0.25, 0.3) is 10.1 Å². The van der Waals surface area contributed by atoms with Crippen molar-refractivity contribution in [2.24, 2.45) is 5.73 Å². The molecular formula is C25H16ClN3O3S. The SMILES string of the molecule is Cc1ccc2c(Cl)c(C(=O)Oc3ccc4c(c3)OC(N)=C(C#N)C4c3ccncc3)sc2c1. The van der Waals surface area contributed by atoms with Crippen molar-refractivity contribution in [2.45, 2.75) is 12.8 Å². The number of esters is 1. The van der Waals surface area contributed by atoms with Gasteiger partial charge in [0, 0.05) is 34.1 Å². The smallest absolute Gasteiger partial charge is 0.355 e. The normalized spacial score (nSPS) is 15.0. The summed E-state index contributed by atoms with van der Waals surface area (Å²) in [5.41, 5.74) is 9.03. The first kappa shape index (κ1) is 21.0. The van der Waals surface area contributed by atoms with Gasteiger partial charge in [0.15, 0.2) is 0 Å². The summed E-state index contributed by atoms with van der Waals surface area (Å²) in [6.07, 6.45) is 3.31. The Bertz CT molecular complexity index is 1490. The van der Waals surface area contributed by atoms with Gasteiger partial charge in [-0.2, -0.15) is 5.26 Å². The topological polar surface area (TPSA) is 98.2 Å². The number of nitriles is 1. The zero-order chi connectivity index (χ0) is 23.1. The summed E-state index contributed by atoms with van der Waals surface area (Å²) < 4.78 is 12.2. The molecule has 1 aliphatic heterocycles. The molecule has 5 rings (SSSR count). The fourth-order valence-corrected chi connectivity index (χ4v) is 5.34. The van der Waals surface area contributed by atoms with Gasteiger partial charge in [-0.25, -0.2) is 4.79 Å². The molecule has 2 N–H and O–H groups in total. The number of thiophene rings is 1. The molecule has 6 nitrogen and oxygen atoms in total. The molecule has 0 spiro atoms. The van der Waals surface area contributed by atoms with E-state index in [4.69, 9.17) is 26.8 Å².